The molecule has 0 bridgehead atoms. The van der Waals surface area contributed by atoms with Gasteiger partial charge in [0.05, 0.1) is 18.4 Å². The van der Waals surface area contributed by atoms with E-state index in [9.17, 15) is 4.79 Å². The molecule has 5 nitrogen and oxygen atoms in total. The summed E-state index contributed by atoms with van der Waals surface area (Å²) in [6.07, 6.45) is 6.79. The number of likely N-dealkylation sites (tertiary alicyclic amines) is 1. The molecule has 1 aliphatic rings. The molecule has 3 rings (SSSR count). The third-order valence-electron chi connectivity index (χ3n) is 4.11. The number of carbonyl (C=O) groups excluding carboxylic acids is 1. The van der Waals surface area contributed by atoms with Crippen molar-refractivity contribution in [2.75, 3.05) is 13.1 Å². The van der Waals surface area contributed by atoms with Gasteiger partial charge in [-0.25, -0.2) is 0 Å². The summed E-state index contributed by atoms with van der Waals surface area (Å²) in [6, 6.07) is 2.45. The molecule has 21 heavy (non-hydrogen) atoms. The number of aromatic nitrogens is 3. The average Bonchev–Trinajstić information content (AvgIpc) is 3.17. The second-order valence-electron chi connectivity index (χ2n) is 5.49. The van der Waals surface area contributed by atoms with E-state index in [1.807, 2.05) is 4.90 Å². The Morgan fingerprint density at radius 1 is 1.33 bits per heavy atom. The maximum atomic E-state index is 12.3. The lowest BCUT2D eigenvalue weighted by molar-refractivity contribution is -0.132. The molecular formula is C15H20N4OS. The molecule has 0 saturated carbocycles. The maximum absolute atomic E-state index is 12.3. The zero-order valence-electron chi connectivity index (χ0n) is 12.2. The molecule has 0 unspecified atom stereocenters. The minimum absolute atomic E-state index is 0.273. The predicted octanol–water partition coefficient (Wildman–Crippen LogP) is 2.44. The molecule has 0 N–H and O–H groups in total. The minimum atomic E-state index is 0.273. The number of piperidine rings is 1. The standard InChI is InChI=1S/C15H20N4OS/c1-12-6-11-21-14(12)2-3-15(20)18-9-4-13(5-10-18)19-16-7-8-17-19/h6-8,11,13H,2-5,9-10H2,1H3. The Labute approximate surface area is 128 Å². The molecule has 1 saturated heterocycles. The van der Waals surface area contributed by atoms with Crippen molar-refractivity contribution >= 4 is 17.2 Å². The number of nitrogens with zero attached hydrogens (tertiary/aromatic N) is 4. The number of hydrogen-bond acceptors (Lipinski definition) is 4. The molecule has 2 aromatic rings. The van der Waals surface area contributed by atoms with Crippen molar-refractivity contribution in [1.29, 1.82) is 0 Å². The van der Waals surface area contributed by atoms with Crippen LogP contribution >= 0.6 is 11.3 Å². The minimum Gasteiger partial charge on any atom is -0.343 e. The van der Waals surface area contributed by atoms with Gasteiger partial charge in [-0.2, -0.15) is 15.0 Å². The quantitative estimate of drug-likeness (QED) is 0.872. The summed E-state index contributed by atoms with van der Waals surface area (Å²) in [4.78, 5) is 17.4. The topological polar surface area (TPSA) is 51.0 Å². The van der Waals surface area contributed by atoms with E-state index in [0.29, 0.717) is 12.5 Å². The number of thiophene rings is 1. The zero-order chi connectivity index (χ0) is 14.7. The van der Waals surface area contributed by atoms with Crippen molar-refractivity contribution in [2.45, 2.75) is 38.6 Å². The Morgan fingerprint density at radius 3 is 2.67 bits per heavy atom. The van der Waals surface area contributed by atoms with Crippen molar-refractivity contribution in [2.24, 2.45) is 0 Å². The Bertz CT molecular complexity index is 585. The van der Waals surface area contributed by atoms with Crippen LogP contribution in [0.1, 0.15) is 35.7 Å². The van der Waals surface area contributed by atoms with Gasteiger partial charge < -0.3 is 4.90 Å². The highest BCUT2D eigenvalue weighted by atomic mass is 32.1. The molecule has 1 amide bonds. The van der Waals surface area contributed by atoms with Crippen LogP contribution in [0.3, 0.4) is 0 Å². The van der Waals surface area contributed by atoms with Crippen molar-refractivity contribution in [3.8, 4) is 0 Å². The summed E-state index contributed by atoms with van der Waals surface area (Å²) < 4.78 is 0. The van der Waals surface area contributed by atoms with E-state index in [-0.39, 0.29) is 5.91 Å². The Kier molecular flexibility index (Phi) is 4.34. The second kappa shape index (κ2) is 6.39. The lowest BCUT2D eigenvalue weighted by Gasteiger charge is -2.31. The van der Waals surface area contributed by atoms with E-state index in [1.165, 1.54) is 10.4 Å². The van der Waals surface area contributed by atoms with Crippen LogP contribution in [0.2, 0.25) is 0 Å². The van der Waals surface area contributed by atoms with Crippen LogP contribution in [0.15, 0.2) is 23.8 Å². The van der Waals surface area contributed by atoms with Gasteiger partial charge >= 0.3 is 0 Å². The summed E-state index contributed by atoms with van der Waals surface area (Å²) >= 11 is 1.75. The van der Waals surface area contributed by atoms with Gasteiger partial charge in [-0.1, -0.05) is 0 Å². The Morgan fingerprint density at radius 2 is 2.05 bits per heavy atom. The van der Waals surface area contributed by atoms with Gasteiger partial charge in [0.1, 0.15) is 0 Å². The second-order valence-corrected chi connectivity index (χ2v) is 6.49. The first kappa shape index (κ1) is 14.3. The zero-order valence-corrected chi connectivity index (χ0v) is 13.1. The maximum Gasteiger partial charge on any atom is 0.222 e. The molecule has 3 heterocycles. The SMILES string of the molecule is Cc1ccsc1CCC(=O)N1CCC(n2nccn2)CC1. The van der Waals surface area contributed by atoms with Gasteiger partial charge in [-0.15, -0.1) is 11.3 Å². The first-order valence-electron chi connectivity index (χ1n) is 7.40. The third-order valence-corrected chi connectivity index (χ3v) is 5.20. The molecular weight excluding hydrogens is 284 g/mol. The average molecular weight is 304 g/mol. The van der Waals surface area contributed by atoms with Crippen molar-refractivity contribution < 1.29 is 4.79 Å². The number of aryl methyl sites for hydroxylation is 2. The fourth-order valence-corrected chi connectivity index (χ4v) is 3.71. The van der Waals surface area contributed by atoms with Crippen LogP contribution in [-0.4, -0.2) is 38.9 Å². The number of carbonyl (C=O) groups is 1. The molecule has 0 radical (unpaired) electrons. The Balaban J connectivity index is 1.48. The first-order valence-corrected chi connectivity index (χ1v) is 8.28. The van der Waals surface area contributed by atoms with E-state index in [4.69, 9.17) is 0 Å². The summed E-state index contributed by atoms with van der Waals surface area (Å²) in [5, 5.41) is 10.5. The highest BCUT2D eigenvalue weighted by molar-refractivity contribution is 7.10. The first-order chi connectivity index (χ1) is 10.2. The van der Waals surface area contributed by atoms with Gasteiger partial charge in [0, 0.05) is 24.4 Å². The Hall–Kier alpha value is -1.69. The van der Waals surface area contributed by atoms with Crippen molar-refractivity contribution in [1.82, 2.24) is 19.9 Å². The van der Waals surface area contributed by atoms with E-state index in [2.05, 4.69) is 28.6 Å². The molecule has 0 aromatic carbocycles. The molecule has 112 valence electrons. The lowest BCUT2D eigenvalue weighted by atomic mass is 10.0. The summed E-state index contributed by atoms with van der Waals surface area (Å²) in [6.45, 7) is 3.74. The lowest BCUT2D eigenvalue weighted by Crippen LogP contribution is -2.39. The van der Waals surface area contributed by atoms with E-state index >= 15 is 0 Å². The molecule has 0 atom stereocenters. The fraction of sp³-hybridized carbons (Fsp3) is 0.533. The third kappa shape index (κ3) is 3.32. The van der Waals surface area contributed by atoms with Crippen LogP contribution in [0.5, 0.6) is 0 Å². The van der Waals surface area contributed by atoms with Crippen LogP contribution in [-0.2, 0) is 11.2 Å². The molecule has 0 aliphatic carbocycles. The normalized spacial score (nSPS) is 16.3. The number of hydrogen-bond donors (Lipinski definition) is 0. The molecule has 0 spiro atoms. The molecule has 6 heteroatoms. The monoisotopic (exact) mass is 304 g/mol. The molecule has 2 aromatic heterocycles. The van der Waals surface area contributed by atoms with E-state index in [1.54, 1.807) is 28.5 Å². The molecule has 1 aliphatic heterocycles. The summed E-state index contributed by atoms with van der Waals surface area (Å²) in [5.41, 5.74) is 1.30. The van der Waals surface area contributed by atoms with Gasteiger partial charge in [0.25, 0.3) is 0 Å². The van der Waals surface area contributed by atoms with Crippen molar-refractivity contribution in [3.05, 3.63) is 34.3 Å². The van der Waals surface area contributed by atoms with Crippen LogP contribution < -0.4 is 0 Å². The smallest absolute Gasteiger partial charge is 0.222 e. The largest absolute Gasteiger partial charge is 0.343 e. The van der Waals surface area contributed by atoms with Crippen LogP contribution in [0.25, 0.3) is 0 Å². The van der Waals surface area contributed by atoms with E-state index in [0.717, 1.165) is 32.4 Å². The highest BCUT2D eigenvalue weighted by Crippen LogP contribution is 2.22. The highest BCUT2D eigenvalue weighted by Gasteiger charge is 2.24. The van der Waals surface area contributed by atoms with Gasteiger partial charge in [-0.05, 0) is 43.2 Å². The van der Waals surface area contributed by atoms with E-state index < -0.39 is 0 Å². The van der Waals surface area contributed by atoms with Gasteiger partial charge in [-0.3, -0.25) is 4.79 Å². The van der Waals surface area contributed by atoms with Crippen LogP contribution in [0, 0.1) is 6.92 Å². The number of amides is 1. The van der Waals surface area contributed by atoms with Crippen molar-refractivity contribution in [3.63, 3.8) is 0 Å². The van der Waals surface area contributed by atoms with Gasteiger partial charge in [0.15, 0.2) is 0 Å². The van der Waals surface area contributed by atoms with Gasteiger partial charge in [0.2, 0.25) is 5.91 Å². The molecule has 1 fully saturated rings. The predicted molar refractivity (Wildman–Crippen MR) is 82.3 cm³/mol. The number of rotatable bonds is 4. The fourth-order valence-electron chi connectivity index (χ4n) is 2.80. The summed E-state index contributed by atoms with van der Waals surface area (Å²) in [5.74, 6) is 0.273. The summed E-state index contributed by atoms with van der Waals surface area (Å²) in [7, 11) is 0. The van der Waals surface area contributed by atoms with Crippen LogP contribution in [0.4, 0.5) is 0 Å².